The molecule has 0 aromatic heterocycles. The SMILES string of the molecule is COCC(C)CNC(=O)CC(C)(C)N. The van der Waals surface area contributed by atoms with Gasteiger partial charge in [-0.25, -0.2) is 0 Å². The Labute approximate surface area is 86.2 Å². The van der Waals surface area contributed by atoms with Gasteiger partial charge in [0.15, 0.2) is 0 Å². The molecule has 0 aliphatic rings. The topological polar surface area (TPSA) is 64.3 Å². The standard InChI is InChI=1S/C10H22N2O2/c1-8(7-14-4)6-12-9(13)5-10(2,3)11/h8H,5-7,11H2,1-4H3,(H,12,13). The van der Waals surface area contributed by atoms with Gasteiger partial charge in [-0.2, -0.15) is 0 Å². The largest absolute Gasteiger partial charge is 0.384 e. The van der Waals surface area contributed by atoms with Crippen LogP contribution in [0.15, 0.2) is 0 Å². The zero-order chi connectivity index (χ0) is 11.2. The molecule has 4 heteroatoms. The number of carbonyl (C=O) groups excluding carboxylic acids is 1. The van der Waals surface area contributed by atoms with Crippen molar-refractivity contribution in [3.05, 3.63) is 0 Å². The first-order chi connectivity index (χ1) is 6.35. The van der Waals surface area contributed by atoms with Crippen molar-refractivity contribution in [3.63, 3.8) is 0 Å². The van der Waals surface area contributed by atoms with E-state index in [1.807, 2.05) is 20.8 Å². The molecule has 1 amide bonds. The van der Waals surface area contributed by atoms with Crippen molar-refractivity contribution >= 4 is 5.91 Å². The molecular formula is C10H22N2O2. The maximum absolute atomic E-state index is 11.3. The maximum atomic E-state index is 11.3. The van der Waals surface area contributed by atoms with Gasteiger partial charge in [0.2, 0.25) is 5.91 Å². The van der Waals surface area contributed by atoms with Gasteiger partial charge in [0.05, 0.1) is 6.61 Å². The number of nitrogens with one attached hydrogen (secondary N) is 1. The summed E-state index contributed by atoms with van der Waals surface area (Å²) in [5, 5.41) is 2.82. The molecule has 0 aliphatic heterocycles. The smallest absolute Gasteiger partial charge is 0.221 e. The molecule has 0 fully saturated rings. The van der Waals surface area contributed by atoms with Crippen molar-refractivity contribution in [3.8, 4) is 0 Å². The van der Waals surface area contributed by atoms with Crippen molar-refractivity contribution in [1.29, 1.82) is 0 Å². The average Bonchev–Trinajstić information content (AvgIpc) is 1.98. The van der Waals surface area contributed by atoms with E-state index in [9.17, 15) is 4.79 Å². The minimum Gasteiger partial charge on any atom is -0.384 e. The molecule has 14 heavy (non-hydrogen) atoms. The summed E-state index contributed by atoms with van der Waals surface area (Å²) in [6.07, 6.45) is 0.354. The highest BCUT2D eigenvalue weighted by Crippen LogP contribution is 2.02. The van der Waals surface area contributed by atoms with Crippen LogP contribution in [0.25, 0.3) is 0 Å². The Kier molecular flexibility index (Phi) is 5.72. The molecule has 0 saturated carbocycles. The van der Waals surface area contributed by atoms with E-state index < -0.39 is 5.54 Å². The number of amides is 1. The second kappa shape index (κ2) is 5.98. The average molecular weight is 202 g/mol. The summed E-state index contributed by atoms with van der Waals surface area (Å²) in [6, 6.07) is 0. The fourth-order valence-electron chi connectivity index (χ4n) is 1.11. The maximum Gasteiger partial charge on any atom is 0.221 e. The van der Waals surface area contributed by atoms with Gasteiger partial charge in [0, 0.05) is 25.6 Å². The van der Waals surface area contributed by atoms with Gasteiger partial charge < -0.3 is 15.8 Å². The minimum absolute atomic E-state index is 0.000420. The van der Waals surface area contributed by atoms with Crippen LogP contribution in [0.2, 0.25) is 0 Å². The molecule has 0 aromatic carbocycles. The Balaban J connectivity index is 3.64. The zero-order valence-corrected chi connectivity index (χ0v) is 9.59. The Hall–Kier alpha value is -0.610. The van der Waals surface area contributed by atoms with Crippen LogP contribution < -0.4 is 11.1 Å². The molecule has 0 bridgehead atoms. The Morgan fingerprint density at radius 3 is 2.57 bits per heavy atom. The summed E-state index contributed by atoms with van der Waals surface area (Å²) in [6.45, 7) is 7.00. The monoisotopic (exact) mass is 202 g/mol. The van der Waals surface area contributed by atoms with E-state index in [2.05, 4.69) is 5.32 Å². The van der Waals surface area contributed by atoms with Crippen LogP contribution in [0.3, 0.4) is 0 Å². The van der Waals surface area contributed by atoms with E-state index in [-0.39, 0.29) is 5.91 Å². The lowest BCUT2D eigenvalue weighted by Gasteiger charge is -2.18. The lowest BCUT2D eigenvalue weighted by atomic mass is 10.0. The van der Waals surface area contributed by atoms with Crippen molar-refractivity contribution in [2.75, 3.05) is 20.3 Å². The van der Waals surface area contributed by atoms with Gasteiger partial charge in [0.25, 0.3) is 0 Å². The van der Waals surface area contributed by atoms with E-state index in [1.165, 1.54) is 0 Å². The van der Waals surface area contributed by atoms with Crippen LogP contribution in [0.4, 0.5) is 0 Å². The molecule has 1 unspecified atom stereocenters. The second-order valence-electron chi connectivity index (χ2n) is 4.53. The highest BCUT2D eigenvalue weighted by molar-refractivity contribution is 5.77. The second-order valence-corrected chi connectivity index (χ2v) is 4.53. The Morgan fingerprint density at radius 2 is 2.14 bits per heavy atom. The fourth-order valence-corrected chi connectivity index (χ4v) is 1.11. The molecule has 4 nitrogen and oxygen atoms in total. The van der Waals surface area contributed by atoms with Crippen LogP contribution in [0, 0.1) is 5.92 Å². The number of carbonyl (C=O) groups is 1. The number of rotatable bonds is 6. The minimum atomic E-state index is -0.436. The van der Waals surface area contributed by atoms with Crippen molar-refractivity contribution in [2.24, 2.45) is 11.7 Å². The molecule has 0 spiro atoms. The molecule has 1 atom stereocenters. The number of methoxy groups -OCH3 is 1. The molecule has 0 aliphatic carbocycles. The molecule has 0 aromatic rings. The molecule has 0 rings (SSSR count). The first-order valence-corrected chi connectivity index (χ1v) is 4.89. The van der Waals surface area contributed by atoms with Gasteiger partial charge >= 0.3 is 0 Å². The van der Waals surface area contributed by atoms with E-state index in [0.29, 0.717) is 25.5 Å². The summed E-state index contributed by atoms with van der Waals surface area (Å²) >= 11 is 0. The first kappa shape index (κ1) is 13.4. The third-order valence-corrected chi connectivity index (χ3v) is 1.72. The summed E-state index contributed by atoms with van der Waals surface area (Å²) in [7, 11) is 1.65. The summed E-state index contributed by atoms with van der Waals surface area (Å²) < 4.78 is 4.96. The van der Waals surface area contributed by atoms with Gasteiger partial charge in [0.1, 0.15) is 0 Å². The van der Waals surface area contributed by atoms with Crippen LogP contribution >= 0.6 is 0 Å². The normalized spacial score (nSPS) is 13.8. The summed E-state index contributed by atoms with van der Waals surface area (Å²) in [4.78, 5) is 11.3. The van der Waals surface area contributed by atoms with E-state index in [4.69, 9.17) is 10.5 Å². The predicted octanol–water partition coefficient (Wildman–Crippen LogP) is 0.513. The highest BCUT2D eigenvalue weighted by atomic mass is 16.5. The predicted molar refractivity (Wildman–Crippen MR) is 56.9 cm³/mol. The van der Waals surface area contributed by atoms with E-state index in [0.717, 1.165) is 0 Å². The van der Waals surface area contributed by atoms with Gasteiger partial charge in [-0.1, -0.05) is 6.92 Å². The molecule has 0 heterocycles. The number of hydrogen-bond acceptors (Lipinski definition) is 3. The lowest BCUT2D eigenvalue weighted by molar-refractivity contribution is -0.122. The van der Waals surface area contributed by atoms with Crippen LogP contribution in [0.5, 0.6) is 0 Å². The number of ether oxygens (including phenoxy) is 1. The molecule has 3 N–H and O–H groups in total. The number of nitrogens with two attached hydrogens (primary N) is 1. The van der Waals surface area contributed by atoms with Crippen molar-refractivity contribution in [1.82, 2.24) is 5.32 Å². The van der Waals surface area contributed by atoms with E-state index in [1.54, 1.807) is 7.11 Å². The third kappa shape index (κ3) is 8.01. The third-order valence-electron chi connectivity index (χ3n) is 1.72. The lowest BCUT2D eigenvalue weighted by Crippen LogP contribution is -2.40. The van der Waals surface area contributed by atoms with Crippen molar-refractivity contribution < 1.29 is 9.53 Å². The van der Waals surface area contributed by atoms with Crippen LogP contribution in [-0.2, 0) is 9.53 Å². The van der Waals surface area contributed by atoms with Crippen molar-refractivity contribution in [2.45, 2.75) is 32.7 Å². The van der Waals surface area contributed by atoms with E-state index >= 15 is 0 Å². The van der Waals surface area contributed by atoms with Gasteiger partial charge in [-0.05, 0) is 19.8 Å². The van der Waals surface area contributed by atoms with Gasteiger partial charge in [-0.15, -0.1) is 0 Å². The Bertz CT molecular complexity index is 175. The molecule has 84 valence electrons. The quantitative estimate of drug-likeness (QED) is 0.659. The molecular weight excluding hydrogens is 180 g/mol. The fraction of sp³-hybridized carbons (Fsp3) is 0.900. The molecule has 0 saturated heterocycles. The molecule has 0 radical (unpaired) electrons. The summed E-state index contributed by atoms with van der Waals surface area (Å²) in [5.41, 5.74) is 5.28. The van der Waals surface area contributed by atoms with Crippen LogP contribution in [-0.4, -0.2) is 31.7 Å². The Morgan fingerprint density at radius 1 is 1.57 bits per heavy atom. The first-order valence-electron chi connectivity index (χ1n) is 4.89. The number of hydrogen-bond donors (Lipinski definition) is 2. The van der Waals surface area contributed by atoms with Gasteiger partial charge in [-0.3, -0.25) is 4.79 Å². The highest BCUT2D eigenvalue weighted by Gasteiger charge is 2.16. The summed E-state index contributed by atoms with van der Waals surface area (Å²) in [5.74, 6) is 0.338. The zero-order valence-electron chi connectivity index (χ0n) is 9.59. The van der Waals surface area contributed by atoms with Crippen LogP contribution in [0.1, 0.15) is 27.2 Å².